The van der Waals surface area contributed by atoms with Crippen LogP contribution in [0.3, 0.4) is 0 Å². The largest absolute Gasteiger partial charge is 0.375 e. The molecule has 54 valence electrons. The molecule has 2 rings (SSSR count). The van der Waals surface area contributed by atoms with Gasteiger partial charge in [0.25, 0.3) is 0 Å². The summed E-state index contributed by atoms with van der Waals surface area (Å²) in [5.41, 5.74) is 1.23. The van der Waals surface area contributed by atoms with E-state index >= 15 is 0 Å². The van der Waals surface area contributed by atoms with Crippen molar-refractivity contribution in [2.24, 2.45) is 0 Å². The minimum absolute atomic E-state index is 0.993. The van der Waals surface area contributed by atoms with E-state index in [9.17, 15) is 0 Å². The Hall–Kier alpha value is -0.0900. The lowest BCUT2D eigenvalue weighted by atomic mass is 10.2. The molecule has 0 bridgehead atoms. The van der Waals surface area contributed by atoms with Gasteiger partial charge < -0.3 is 5.32 Å². The second-order valence-corrected chi connectivity index (χ2v) is 4.55. The summed E-state index contributed by atoms with van der Waals surface area (Å²) in [5.74, 6) is 0. The number of fused-ring (bicyclic) bond motifs is 1. The average molecular weight is 219 g/mol. The zero-order valence-corrected chi connectivity index (χ0v) is 7.76. The summed E-state index contributed by atoms with van der Waals surface area (Å²) in [6.07, 6.45) is 2.34. The topological polar surface area (TPSA) is 24.9 Å². The zero-order valence-electron chi connectivity index (χ0n) is 5.35. The first-order valence-electron chi connectivity index (χ1n) is 3.25. The number of hydrogen-bond acceptors (Lipinski definition) is 3. The van der Waals surface area contributed by atoms with E-state index in [-0.39, 0.29) is 0 Å². The lowest BCUT2D eigenvalue weighted by Gasteiger charge is -2.10. The van der Waals surface area contributed by atoms with Crippen LogP contribution < -0.4 is 5.32 Å². The molecule has 0 atom stereocenters. The molecule has 0 saturated carbocycles. The molecule has 2 nitrogen and oxygen atoms in total. The molecule has 1 aromatic rings. The number of anilines is 1. The lowest BCUT2D eigenvalue weighted by molar-refractivity contribution is 0.812. The highest BCUT2D eigenvalue weighted by molar-refractivity contribution is 9.11. The average Bonchev–Trinajstić information content (AvgIpc) is 2.27. The van der Waals surface area contributed by atoms with Gasteiger partial charge in [-0.05, 0) is 28.8 Å². The zero-order chi connectivity index (χ0) is 6.97. The van der Waals surface area contributed by atoms with Crippen molar-refractivity contribution >= 4 is 32.3 Å². The van der Waals surface area contributed by atoms with Crippen molar-refractivity contribution < 1.29 is 0 Å². The van der Waals surface area contributed by atoms with Gasteiger partial charge in [-0.2, -0.15) is 0 Å². The standard InChI is InChI=1S/C6H7BrN2S/c7-6-9-4-2-1-3-8-5(4)10-6/h8H,1-3H2. The molecule has 0 aliphatic carbocycles. The van der Waals surface area contributed by atoms with Gasteiger partial charge in [-0.15, -0.1) is 0 Å². The summed E-state index contributed by atoms with van der Waals surface area (Å²) in [4.78, 5) is 4.32. The molecule has 0 radical (unpaired) electrons. The molecule has 0 amide bonds. The van der Waals surface area contributed by atoms with Crippen molar-refractivity contribution in [1.82, 2.24) is 4.98 Å². The van der Waals surface area contributed by atoms with E-state index in [0.29, 0.717) is 0 Å². The Labute approximate surface area is 71.8 Å². The van der Waals surface area contributed by atoms with Gasteiger partial charge in [-0.3, -0.25) is 0 Å². The number of hydrogen-bond donors (Lipinski definition) is 1. The number of nitrogens with zero attached hydrogens (tertiary/aromatic N) is 1. The van der Waals surface area contributed by atoms with Gasteiger partial charge >= 0.3 is 0 Å². The Morgan fingerprint density at radius 1 is 1.60 bits per heavy atom. The third kappa shape index (κ3) is 1.06. The number of nitrogens with one attached hydrogen (secondary N) is 1. The number of thiazole rings is 1. The van der Waals surface area contributed by atoms with Gasteiger partial charge in [0.1, 0.15) is 5.00 Å². The SMILES string of the molecule is Brc1nc2c(s1)NCCC2. The first-order valence-corrected chi connectivity index (χ1v) is 4.86. The highest BCUT2D eigenvalue weighted by Crippen LogP contribution is 2.31. The van der Waals surface area contributed by atoms with Crippen LogP contribution in [0.1, 0.15) is 12.1 Å². The summed E-state index contributed by atoms with van der Waals surface area (Å²) < 4.78 is 0.993. The number of aryl methyl sites for hydroxylation is 1. The summed E-state index contributed by atoms with van der Waals surface area (Å²) in [6, 6.07) is 0. The van der Waals surface area contributed by atoms with Crippen LogP contribution in [0.25, 0.3) is 0 Å². The fourth-order valence-corrected chi connectivity index (χ4v) is 2.55. The van der Waals surface area contributed by atoms with E-state index in [1.807, 2.05) is 0 Å². The van der Waals surface area contributed by atoms with Crippen LogP contribution in [0.15, 0.2) is 3.92 Å². The van der Waals surface area contributed by atoms with Gasteiger partial charge in [0, 0.05) is 6.54 Å². The molecule has 4 heteroatoms. The van der Waals surface area contributed by atoms with Crippen LogP contribution in [0.4, 0.5) is 5.00 Å². The maximum atomic E-state index is 4.32. The smallest absolute Gasteiger partial charge is 0.161 e. The minimum atomic E-state index is 0.993. The second-order valence-electron chi connectivity index (χ2n) is 2.27. The third-order valence-corrected chi connectivity index (χ3v) is 3.05. The Balaban J connectivity index is 2.41. The van der Waals surface area contributed by atoms with E-state index in [4.69, 9.17) is 0 Å². The molecule has 0 fully saturated rings. The highest BCUT2D eigenvalue weighted by atomic mass is 79.9. The fourth-order valence-electron chi connectivity index (χ4n) is 1.09. The third-order valence-electron chi connectivity index (χ3n) is 1.55. The summed E-state index contributed by atoms with van der Waals surface area (Å²) in [5, 5.41) is 4.56. The lowest BCUT2D eigenvalue weighted by Crippen LogP contribution is -2.09. The number of halogens is 1. The Morgan fingerprint density at radius 2 is 2.50 bits per heavy atom. The summed E-state index contributed by atoms with van der Waals surface area (Å²) >= 11 is 5.04. The monoisotopic (exact) mass is 218 g/mol. The van der Waals surface area contributed by atoms with Crippen molar-refractivity contribution in [1.29, 1.82) is 0 Å². The Morgan fingerprint density at radius 3 is 3.30 bits per heavy atom. The molecular formula is C6H7BrN2S. The minimum Gasteiger partial charge on any atom is -0.375 e. The first kappa shape index (κ1) is 6.61. The van der Waals surface area contributed by atoms with Crippen LogP contribution in [-0.4, -0.2) is 11.5 Å². The molecule has 1 aliphatic heterocycles. The van der Waals surface area contributed by atoms with E-state index in [1.54, 1.807) is 11.3 Å². The van der Waals surface area contributed by atoms with Crippen LogP contribution >= 0.6 is 27.3 Å². The molecule has 0 aromatic carbocycles. The quantitative estimate of drug-likeness (QED) is 0.723. The second kappa shape index (κ2) is 2.51. The molecule has 10 heavy (non-hydrogen) atoms. The Kier molecular flexibility index (Phi) is 1.66. The first-order chi connectivity index (χ1) is 4.86. The van der Waals surface area contributed by atoms with Crippen molar-refractivity contribution in [2.45, 2.75) is 12.8 Å². The van der Waals surface area contributed by atoms with Gasteiger partial charge in [0.2, 0.25) is 0 Å². The van der Waals surface area contributed by atoms with Crippen molar-refractivity contribution in [3.8, 4) is 0 Å². The predicted octanol–water partition coefficient (Wildman–Crippen LogP) is 2.26. The number of aromatic nitrogens is 1. The molecule has 1 N–H and O–H groups in total. The molecular weight excluding hydrogens is 212 g/mol. The molecule has 0 unspecified atom stereocenters. The molecule has 1 aliphatic rings. The Bertz CT molecular complexity index is 222. The van der Waals surface area contributed by atoms with Gasteiger partial charge in [0.15, 0.2) is 3.92 Å². The van der Waals surface area contributed by atoms with Crippen LogP contribution in [0, 0.1) is 0 Å². The summed E-state index contributed by atoms with van der Waals surface area (Å²) in [7, 11) is 0. The van der Waals surface area contributed by atoms with Gasteiger partial charge in [0.05, 0.1) is 5.69 Å². The highest BCUT2D eigenvalue weighted by Gasteiger charge is 2.12. The van der Waals surface area contributed by atoms with Crippen molar-refractivity contribution in [2.75, 3.05) is 11.9 Å². The van der Waals surface area contributed by atoms with Crippen LogP contribution in [0.5, 0.6) is 0 Å². The van der Waals surface area contributed by atoms with E-state index in [0.717, 1.165) is 16.9 Å². The van der Waals surface area contributed by atoms with Crippen molar-refractivity contribution in [3.63, 3.8) is 0 Å². The summed E-state index contributed by atoms with van der Waals surface area (Å²) in [6.45, 7) is 1.10. The van der Waals surface area contributed by atoms with Crippen LogP contribution in [-0.2, 0) is 6.42 Å². The maximum absolute atomic E-state index is 4.32. The predicted molar refractivity (Wildman–Crippen MR) is 46.6 cm³/mol. The van der Waals surface area contributed by atoms with E-state index in [1.165, 1.54) is 17.1 Å². The molecule has 0 spiro atoms. The molecule has 2 heterocycles. The van der Waals surface area contributed by atoms with Crippen LogP contribution in [0.2, 0.25) is 0 Å². The van der Waals surface area contributed by atoms with Crippen molar-refractivity contribution in [3.05, 3.63) is 9.61 Å². The van der Waals surface area contributed by atoms with Gasteiger partial charge in [-0.25, -0.2) is 4.98 Å². The van der Waals surface area contributed by atoms with E-state index < -0.39 is 0 Å². The van der Waals surface area contributed by atoms with E-state index in [2.05, 4.69) is 26.2 Å². The van der Waals surface area contributed by atoms with Gasteiger partial charge in [-0.1, -0.05) is 11.3 Å². The number of rotatable bonds is 0. The fraction of sp³-hybridized carbons (Fsp3) is 0.500. The maximum Gasteiger partial charge on any atom is 0.161 e. The normalized spacial score (nSPS) is 16.1. The molecule has 1 aromatic heterocycles. The molecule has 0 saturated heterocycles.